The van der Waals surface area contributed by atoms with Gasteiger partial charge in [-0.15, -0.1) is 0 Å². The van der Waals surface area contributed by atoms with Crippen molar-refractivity contribution in [3.8, 4) is 22.5 Å². The number of pyridine rings is 1. The van der Waals surface area contributed by atoms with E-state index in [1.807, 2.05) is 35.3 Å². The smallest absolute Gasteiger partial charge is 0.227 e. The fraction of sp³-hybridized carbons (Fsp3) is 0.379. The van der Waals surface area contributed by atoms with Crippen LogP contribution in [0, 0.1) is 5.92 Å². The van der Waals surface area contributed by atoms with Crippen LogP contribution in [0.4, 0.5) is 17.3 Å². The Morgan fingerprint density at radius 2 is 1.89 bits per heavy atom. The van der Waals surface area contributed by atoms with E-state index in [0.717, 1.165) is 74.1 Å². The number of aromatic nitrogens is 5. The van der Waals surface area contributed by atoms with Crippen LogP contribution >= 0.6 is 0 Å². The van der Waals surface area contributed by atoms with Crippen LogP contribution in [-0.4, -0.2) is 75.6 Å². The van der Waals surface area contributed by atoms with E-state index in [2.05, 4.69) is 56.3 Å². The van der Waals surface area contributed by atoms with E-state index in [-0.39, 0.29) is 0 Å². The molecule has 2 aliphatic heterocycles. The van der Waals surface area contributed by atoms with Gasteiger partial charge in [0.2, 0.25) is 5.95 Å². The van der Waals surface area contributed by atoms with Crippen LogP contribution in [0.25, 0.3) is 22.5 Å². The molecule has 2 fully saturated rings. The molecule has 0 aliphatic carbocycles. The standard InChI is InChI=1S/C29H34N8O/c1-2-37-20-26(28(34-37)23-4-3-11-30-18-23)27-9-12-31-29(33-27)32-24-5-7-25(8-6-24)36-15-13-35(14-16-36)19-22-10-17-38-21-22/h3-9,11-12,18,20,22H,2,10,13-17,19,21H2,1H3,(H,31,32,33). The summed E-state index contributed by atoms with van der Waals surface area (Å²) >= 11 is 0. The Bertz CT molecular complexity index is 1330. The number of ether oxygens (including phenoxy) is 1. The molecule has 0 spiro atoms. The first-order valence-electron chi connectivity index (χ1n) is 13.5. The van der Waals surface area contributed by atoms with Gasteiger partial charge in [-0.25, -0.2) is 9.97 Å². The molecule has 196 valence electrons. The zero-order chi connectivity index (χ0) is 25.7. The average Bonchev–Trinajstić information content (AvgIpc) is 3.65. The number of hydrogen-bond acceptors (Lipinski definition) is 8. The Hall–Kier alpha value is -3.82. The van der Waals surface area contributed by atoms with Crippen LogP contribution in [0.5, 0.6) is 0 Å². The summed E-state index contributed by atoms with van der Waals surface area (Å²) in [6, 6.07) is 14.4. The molecule has 38 heavy (non-hydrogen) atoms. The normalized spacial score (nSPS) is 18.1. The van der Waals surface area contributed by atoms with Crippen molar-refractivity contribution in [1.29, 1.82) is 0 Å². The lowest BCUT2D eigenvalue weighted by Gasteiger charge is -2.37. The summed E-state index contributed by atoms with van der Waals surface area (Å²) in [5.41, 5.74) is 5.82. The Labute approximate surface area is 223 Å². The van der Waals surface area contributed by atoms with Crippen molar-refractivity contribution in [1.82, 2.24) is 29.6 Å². The molecule has 2 saturated heterocycles. The van der Waals surface area contributed by atoms with Crippen molar-refractivity contribution in [2.75, 3.05) is 56.2 Å². The predicted octanol–water partition coefficient (Wildman–Crippen LogP) is 4.32. The number of benzene rings is 1. The van der Waals surface area contributed by atoms with Gasteiger partial charge in [0.05, 0.1) is 12.3 Å². The highest BCUT2D eigenvalue weighted by molar-refractivity contribution is 5.78. The van der Waals surface area contributed by atoms with Crippen LogP contribution < -0.4 is 10.2 Å². The van der Waals surface area contributed by atoms with Crippen molar-refractivity contribution < 1.29 is 4.74 Å². The van der Waals surface area contributed by atoms with E-state index in [1.165, 1.54) is 18.7 Å². The van der Waals surface area contributed by atoms with E-state index in [0.29, 0.717) is 11.9 Å². The maximum atomic E-state index is 5.54. The quantitative estimate of drug-likeness (QED) is 0.375. The van der Waals surface area contributed by atoms with Gasteiger partial charge in [-0.3, -0.25) is 14.6 Å². The molecule has 0 bridgehead atoms. The highest BCUT2D eigenvalue weighted by atomic mass is 16.5. The van der Waals surface area contributed by atoms with E-state index >= 15 is 0 Å². The summed E-state index contributed by atoms with van der Waals surface area (Å²) in [5.74, 6) is 1.26. The molecular weight excluding hydrogens is 476 g/mol. The number of hydrogen-bond donors (Lipinski definition) is 1. The van der Waals surface area contributed by atoms with Gasteiger partial charge < -0.3 is 15.0 Å². The zero-order valence-corrected chi connectivity index (χ0v) is 21.8. The molecule has 9 nitrogen and oxygen atoms in total. The molecule has 4 aromatic rings. The fourth-order valence-corrected chi connectivity index (χ4v) is 5.22. The molecule has 1 unspecified atom stereocenters. The summed E-state index contributed by atoms with van der Waals surface area (Å²) in [5, 5.41) is 8.13. The van der Waals surface area contributed by atoms with Crippen LogP contribution in [-0.2, 0) is 11.3 Å². The summed E-state index contributed by atoms with van der Waals surface area (Å²) in [4.78, 5) is 18.6. The largest absolute Gasteiger partial charge is 0.381 e. The molecule has 3 aromatic heterocycles. The lowest BCUT2D eigenvalue weighted by molar-refractivity contribution is 0.164. The van der Waals surface area contributed by atoms with Crippen molar-refractivity contribution in [2.45, 2.75) is 19.9 Å². The van der Waals surface area contributed by atoms with Gasteiger partial charge in [-0.05, 0) is 61.7 Å². The maximum Gasteiger partial charge on any atom is 0.227 e. The minimum Gasteiger partial charge on any atom is -0.381 e. The third-order valence-corrected chi connectivity index (χ3v) is 7.35. The average molecular weight is 511 g/mol. The molecular formula is C29H34N8O. The van der Waals surface area contributed by atoms with Crippen LogP contribution in [0.2, 0.25) is 0 Å². The van der Waals surface area contributed by atoms with Crippen molar-refractivity contribution in [3.63, 3.8) is 0 Å². The second kappa shape index (κ2) is 11.3. The zero-order valence-electron chi connectivity index (χ0n) is 21.8. The highest BCUT2D eigenvalue weighted by Crippen LogP contribution is 2.30. The van der Waals surface area contributed by atoms with E-state index in [9.17, 15) is 0 Å². The summed E-state index contributed by atoms with van der Waals surface area (Å²) in [7, 11) is 0. The molecule has 2 aliphatic rings. The number of aryl methyl sites for hydroxylation is 1. The lowest BCUT2D eigenvalue weighted by atomic mass is 10.1. The van der Waals surface area contributed by atoms with Gasteiger partial charge in [0.15, 0.2) is 0 Å². The molecule has 1 atom stereocenters. The van der Waals surface area contributed by atoms with Gasteiger partial charge in [-0.2, -0.15) is 5.10 Å². The molecule has 0 amide bonds. The van der Waals surface area contributed by atoms with Crippen molar-refractivity contribution in [3.05, 3.63) is 67.3 Å². The Kier molecular flexibility index (Phi) is 7.28. The summed E-state index contributed by atoms with van der Waals surface area (Å²) in [6.07, 6.45) is 8.62. The molecule has 0 saturated carbocycles. The third kappa shape index (κ3) is 5.54. The van der Waals surface area contributed by atoms with Gasteiger partial charge in [0.25, 0.3) is 0 Å². The number of piperazine rings is 1. The van der Waals surface area contributed by atoms with Crippen molar-refractivity contribution >= 4 is 17.3 Å². The predicted molar refractivity (Wildman–Crippen MR) is 149 cm³/mol. The minimum absolute atomic E-state index is 0.557. The minimum atomic E-state index is 0.557. The number of rotatable bonds is 8. The monoisotopic (exact) mass is 510 g/mol. The molecule has 9 heteroatoms. The highest BCUT2D eigenvalue weighted by Gasteiger charge is 2.23. The van der Waals surface area contributed by atoms with E-state index < -0.39 is 0 Å². The van der Waals surface area contributed by atoms with E-state index in [1.54, 1.807) is 12.4 Å². The first-order valence-corrected chi connectivity index (χ1v) is 13.5. The molecule has 6 rings (SSSR count). The third-order valence-electron chi connectivity index (χ3n) is 7.35. The van der Waals surface area contributed by atoms with Crippen LogP contribution in [0.3, 0.4) is 0 Å². The number of nitrogens with zero attached hydrogens (tertiary/aromatic N) is 7. The summed E-state index contributed by atoms with van der Waals surface area (Å²) in [6.45, 7) is 10.2. The number of anilines is 3. The molecule has 0 radical (unpaired) electrons. The molecule has 5 heterocycles. The Morgan fingerprint density at radius 3 is 2.63 bits per heavy atom. The SMILES string of the molecule is CCn1cc(-c2ccnc(Nc3ccc(N4CCN(CC5CCOC5)CC4)cc3)n2)c(-c2cccnc2)n1. The Morgan fingerprint density at radius 1 is 1.03 bits per heavy atom. The first kappa shape index (κ1) is 24.5. The van der Waals surface area contributed by atoms with Gasteiger partial charge in [0, 0.05) is 93.2 Å². The van der Waals surface area contributed by atoms with Crippen LogP contribution in [0.1, 0.15) is 13.3 Å². The molecule has 1 aromatic carbocycles. The second-order valence-electron chi connectivity index (χ2n) is 9.94. The Balaban J connectivity index is 1.12. The first-order chi connectivity index (χ1) is 18.7. The lowest BCUT2D eigenvalue weighted by Crippen LogP contribution is -2.47. The van der Waals surface area contributed by atoms with Crippen LogP contribution in [0.15, 0.2) is 67.3 Å². The second-order valence-corrected chi connectivity index (χ2v) is 9.94. The topological polar surface area (TPSA) is 84.2 Å². The maximum absolute atomic E-state index is 5.54. The number of nitrogens with one attached hydrogen (secondary N) is 1. The van der Waals surface area contributed by atoms with Gasteiger partial charge in [-0.1, -0.05) is 0 Å². The van der Waals surface area contributed by atoms with E-state index in [4.69, 9.17) is 14.8 Å². The summed E-state index contributed by atoms with van der Waals surface area (Å²) < 4.78 is 7.47. The van der Waals surface area contributed by atoms with Gasteiger partial charge in [0.1, 0.15) is 5.69 Å². The van der Waals surface area contributed by atoms with Gasteiger partial charge >= 0.3 is 0 Å². The van der Waals surface area contributed by atoms with Crippen molar-refractivity contribution in [2.24, 2.45) is 5.92 Å². The molecule has 1 N–H and O–H groups in total. The fourth-order valence-electron chi connectivity index (χ4n) is 5.22.